The Labute approximate surface area is 173 Å². The quantitative estimate of drug-likeness (QED) is 0.321. The summed E-state index contributed by atoms with van der Waals surface area (Å²) in [7, 11) is 1.60. The Morgan fingerprint density at radius 3 is 2.60 bits per heavy atom. The van der Waals surface area contributed by atoms with E-state index in [1.54, 1.807) is 19.4 Å². The Bertz CT molecular complexity index is 1230. The van der Waals surface area contributed by atoms with Gasteiger partial charge >= 0.3 is 0 Å². The predicted octanol–water partition coefficient (Wildman–Crippen LogP) is 4.78. The lowest BCUT2D eigenvalue weighted by atomic mass is 9.95. The van der Waals surface area contributed by atoms with Crippen LogP contribution >= 0.6 is 0 Å². The molecule has 0 unspecified atom stereocenters. The first-order valence-electron chi connectivity index (χ1n) is 9.40. The third kappa shape index (κ3) is 3.94. The number of fused-ring (bicyclic) bond motifs is 1. The van der Waals surface area contributed by atoms with Crippen molar-refractivity contribution >= 4 is 28.2 Å². The van der Waals surface area contributed by atoms with Crippen LogP contribution in [0, 0.1) is 5.41 Å². The number of carbonyl (C=O) groups excluding carboxylic acids is 1. The Hall–Kier alpha value is -3.90. The maximum atomic E-state index is 12.9. The van der Waals surface area contributed by atoms with E-state index >= 15 is 0 Å². The Kier molecular flexibility index (Phi) is 5.32. The van der Waals surface area contributed by atoms with Gasteiger partial charge in [-0.2, -0.15) is 0 Å². The molecule has 0 aliphatic heterocycles. The van der Waals surface area contributed by atoms with E-state index in [1.807, 2.05) is 60.7 Å². The third-order valence-electron chi connectivity index (χ3n) is 4.81. The molecule has 0 saturated carbocycles. The molecule has 0 bridgehead atoms. The lowest BCUT2D eigenvalue weighted by Gasteiger charge is -2.11. The number of nitrogen functional groups attached to an aromatic ring is 1. The number of nitrogens with one attached hydrogen (secondary N) is 2. The molecule has 0 radical (unpaired) electrons. The first kappa shape index (κ1) is 19.4. The van der Waals surface area contributed by atoms with Crippen molar-refractivity contribution in [1.82, 2.24) is 0 Å². The number of para-hydroxylation sites is 1. The summed E-state index contributed by atoms with van der Waals surface area (Å²) in [6.07, 6.45) is 1.64. The molecule has 1 aromatic heterocycles. The minimum Gasteiger partial charge on any atom is -0.466 e. The molecule has 4 rings (SSSR count). The lowest BCUT2D eigenvalue weighted by Crippen LogP contribution is -2.12. The molecule has 4 aromatic rings. The molecule has 3 aromatic carbocycles. The highest BCUT2D eigenvalue weighted by atomic mass is 16.5. The number of rotatable bonds is 6. The second-order valence-corrected chi connectivity index (χ2v) is 6.93. The summed E-state index contributed by atoms with van der Waals surface area (Å²) < 4.78 is 10.7. The third-order valence-corrected chi connectivity index (χ3v) is 4.81. The van der Waals surface area contributed by atoms with Crippen molar-refractivity contribution in [2.24, 2.45) is 5.73 Å². The minimum atomic E-state index is -0.208. The zero-order chi connectivity index (χ0) is 21.1. The summed E-state index contributed by atoms with van der Waals surface area (Å²) >= 11 is 0. The number of benzene rings is 3. The summed E-state index contributed by atoms with van der Waals surface area (Å²) in [6.45, 7) is 0.352. The van der Waals surface area contributed by atoms with Gasteiger partial charge in [0.15, 0.2) is 0 Å². The first-order chi connectivity index (χ1) is 14.5. The molecule has 6 heteroatoms. The van der Waals surface area contributed by atoms with Gasteiger partial charge in [-0.05, 0) is 52.7 Å². The van der Waals surface area contributed by atoms with E-state index in [0.29, 0.717) is 23.5 Å². The van der Waals surface area contributed by atoms with Crippen molar-refractivity contribution in [3.05, 3.63) is 89.9 Å². The molecular weight excluding hydrogens is 378 g/mol. The number of ether oxygens (including phenoxy) is 1. The summed E-state index contributed by atoms with van der Waals surface area (Å²) in [5.41, 5.74) is 9.19. The maximum Gasteiger partial charge on any atom is 0.255 e. The van der Waals surface area contributed by atoms with Crippen LogP contribution < -0.4 is 11.1 Å². The van der Waals surface area contributed by atoms with Gasteiger partial charge in [-0.15, -0.1) is 0 Å². The summed E-state index contributed by atoms with van der Waals surface area (Å²) in [4.78, 5) is 12.9. The normalized spacial score (nSPS) is 10.8. The molecule has 1 heterocycles. The fourth-order valence-corrected chi connectivity index (χ4v) is 3.36. The minimum absolute atomic E-state index is 0.0130. The number of amides is 1. The van der Waals surface area contributed by atoms with Gasteiger partial charge in [0.1, 0.15) is 18.2 Å². The average molecular weight is 399 g/mol. The average Bonchev–Trinajstić information content (AvgIpc) is 3.22. The number of hydrogen-bond acceptors (Lipinski definition) is 4. The number of anilines is 1. The molecule has 0 aliphatic carbocycles. The Morgan fingerprint density at radius 1 is 1.07 bits per heavy atom. The van der Waals surface area contributed by atoms with Crippen LogP contribution in [0.1, 0.15) is 21.7 Å². The van der Waals surface area contributed by atoms with Crippen LogP contribution in [-0.4, -0.2) is 18.9 Å². The molecule has 4 N–H and O–H groups in total. The fourth-order valence-electron chi connectivity index (χ4n) is 3.36. The highest BCUT2D eigenvalue weighted by Crippen LogP contribution is 2.33. The van der Waals surface area contributed by atoms with Crippen LogP contribution in [0.3, 0.4) is 0 Å². The van der Waals surface area contributed by atoms with E-state index in [0.717, 1.165) is 27.6 Å². The SMILES string of the molecule is COCc1cc(-c2cc(C(=O)Nc3ccccc3)cc3ccc(C(=N)N)cc23)co1. The van der Waals surface area contributed by atoms with Gasteiger partial charge in [-0.1, -0.05) is 30.3 Å². The number of furan rings is 1. The zero-order valence-electron chi connectivity index (χ0n) is 16.4. The van der Waals surface area contributed by atoms with Crippen molar-refractivity contribution < 1.29 is 13.9 Å². The van der Waals surface area contributed by atoms with Gasteiger partial charge in [-0.25, -0.2) is 0 Å². The van der Waals surface area contributed by atoms with Crippen LogP contribution in [0.5, 0.6) is 0 Å². The fraction of sp³-hybridized carbons (Fsp3) is 0.0833. The maximum absolute atomic E-state index is 12.9. The molecule has 30 heavy (non-hydrogen) atoms. The molecule has 6 nitrogen and oxygen atoms in total. The summed E-state index contributed by atoms with van der Waals surface area (Å²) in [5, 5.41) is 12.4. The summed E-state index contributed by atoms with van der Waals surface area (Å²) in [5.74, 6) is 0.462. The van der Waals surface area contributed by atoms with Crippen LogP contribution in [-0.2, 0) is 11.3 Å². The Morgan fingerprint density at radius 2 is 1.87 bits per heavy atom. The van der Waals surface area contributed by atoms with E-state index in [2.05, 4.69) is 5.32 Å². The van der Waals surface area contributed by atoms with E-state index in [1.165, 1.54) is 0 Å². The highest BCUT2D eigenvalue weighted by Gasteiger charge is 2.15. The van der Waals surface area contributed by atoms with E-state index < -0.39 is 0 Å². The second-order valence-electron chi connectivity index (χ2n) is 6.93. The number of methoxy groups -OCH3 is 1. The van der Waals surface area contributed by atoms with E-state index in [9.17, 15) is 4.79 Å². The highest BCUT2D eigenvalue weighted by molar-refractivity contribution is 6.10. The topological polar surface area (TPSA) is 101 Å². The van der Waals surface area contributed by atoms with Gasteiger partial charge in [-0.3, -0.25) is 10.2 Å². The number of hydrogen-bond donors (Lipinski definition) is 3. The lowest BCUT2D eigenvalue weighted by molar-refractivity contribution is 0.102. The number of nitrogens with two attached hydrogens (primary N) is 1. The number of carbonyl (C=O) groups is 1. The molecule has 150 valence electrons. The zero-order valence-corrected chi connectivity index (χ0v) is 16.4. The van der Waals surface area contributed by atoms with Crippen molar-refractivity contribution in [2.45, 2.75) is 6.61 Å². The molecule has 0 spiro atoms. The van der Waals surface area contributed by atoms with Gasteiger partial charge < -0.3 is 20.2 Å². The molecule has 0 saturated heterocycles. The van der Waals surface area contributed by atoms with Crippen molar-refractivity contribution in [2.75, 3.05) is 12.4 Å². The Balaban J connectivity index is 1.83. The van der Waals surface area contributed by atoms with Crippen LogP contribution in [0.15, 0.2) is 77.4 Å². The summed E-state index contributed by atoms with van der Waals surface area (Å²) in [6, 6.07) is 20.4. The van der Waals surface area contributed by atoms with Gasteiger partial charge in [0.05, 0.1) is 6.26 Å². The molecular formula is C24H21N3O3. The monoisotopic (exact) mass is 399 g/mol. The van der Waals surface area contributed by atoms with Gasteiger partial charge in [0.2, 0.25) is 0 Å². The molecule has 1 amide bonds. The molecule has 0 fully saturated rings. The predicted molar refractivity (Wildman–Crippen MR) is 118 cm³/mol. The molecule has 0 aliphatic rings. The second kappa shape index (κ2) is 8.23. The van der Waals surface area contributed by atoms with Crippen LogP contribution in [0.2, 0.25) is 0 Å². The first-order valence-corrected chi connectivity index (χ1v) is 9.40. The van der Waals surface area contributed by atoms with Crippen LogP contribution in [0.4, 0.5) is 5.69 Å². The van der Waals surface area contributed by atoms with Crippen LogP contribution in [0.25, 0.3) is 21.9 Å². The van der Waals surface area contributed by atoms with E-state index in [-0.39, 0.29) is 11.7 Å². The van der Waals surface area contributed by atoms with Crippen molar-refractivity contribution in [3.8, 4) is 11.1 Å². The van der Waals surface area contributed by atoms with E-state index in [4.69, 9.17) is 20.3 Å². The molecule has 0 atom stereocenters. The van der Waals surface area contributed by atoms with Crippen molar-refractivity contribution in [1.29, 1.82) is 5.41 Å². The van der Waals surface area contributed by atoms with Gasteiger partial charge in [0.25, 0.3) is 5.91 Å². The number of amidine groups is 1. The van der Waals surface area contributed by atoms with Crippen molar-refractivity contribution in [3.63, 3.8) is 0 Å². The standard InChI is InChI=1S/C24H21N3O3/c1-29-14-20-10-18(13-30-20)22-12-17(24(28)27-19-5-3-2-4-6-19)9-15-7-8-16(23(25)26)11-21(15)22/h2-13H,14H2,1H3,(H3,25,26)(H,27,28). The van der Waals surface area contributed by atoms with Gasteiger partial charge in [0, 0.05) is 29.5 Å². The smallest absolute Gasteiger partial charge is 0.255 e. The largest absolute Gasteiger partial charge is 0.466 e.